The Morgan fingerprint density at radius 1 is 1.16 bits per heavy atom. The highest BCUT2D eigenvalue weighted by Gasteiger charge is 2.32. The number of hydrogen-bond donors (Lipinski definition) is 3. The number of H-pyrrole nitrogens is 1. The van der Waals surface area contributed by atoms with Crippen LogP contribution in [0.2, 0.25) is 0 Å². The van der Waals surface area contributed by atoms with Crippen LogP contribution < -0.4 is 10.1 Å². The smallest absolute Gasteiger partial charge is 0.497 e. The van der Waals surface area contributed by atoms with E-state index < -0.39 is 12.4 Å². The molecule has 1 aliphatic heterocycles. The van der Waals surface area contributed by atoms with Crippen LogP contribution in [0.3, 0.4) is 0 Å². The van der Waals surface area contributed by atoms with Crippen molar-refractivity contribution in [1.82, 2.24) is 10.3 Å². The Morgan fingerprint density at radius 3 is 2.64 bits per heavy atom. The molecule has 6 nitrogen and oxygen atoms in total. The summed E-state index contributed by atoms with van der Waals surface area (Å²) in [6.45, 7) is 0. The number of methoxy groups -OCH3 is 1. The maximum absolute atomic E-state index is 11.0. The topological polar surface area (TPSA) is 83.6 Å². The van der Waals surface area contributed by atoms with Gasteiger partial charge in [-0.05, 0) is 29.3 Å². The molecule has 2 unspecified atom stereocenters. The van der Waals surface area contributed by atoms with Crippen molar-refractivity contribution in [2.75, 3.05) is 7.11 Å². The molecular formula is C19H18N2O4. The van der Waals surface area contributed by atoms with Crippen molar-refractivity contribution < 1.29 is 19.4 Å². The van der Waals surface area contributed by atoms with Crippen LogP contribution in [0.4, 0.5) is 4.79 Å². The van der Waals surface area contributed by atoms with Gasteiger partial charge in [0.05, 0.1) is 13.2 Å². The van der Waals surface area contributed by atoms with Crippen LogP contribution in [0.1, 0.15) is 22.9 Å². The van der Waals surface area contributed by atoms with Gasteiger partial charge in [0.2, 0.25) is 0 Å². The van der Waals surface area contributed by atoms with E-state index >= 15 is 0 Å². The number of nitrogens with one attached hydrogen (secondary N) is 2. The Morgan fingerprint density at radius 2 is 1.92 bits per heavy atom. The van der Waals surface area contributed by atoms with E-state index in [1.54, 1.807) is 7.11 Å². The lowest BCUT2D eigenvalue weighted by Gasteiger charge is -2.30. The van der Waals surface area contributed by atoms with Crippen LogP contribution in [0, 0.1) is 0 Å². The zero-order valence-corrected chi connectivity index (χ0v) is 13.7. The number of ether oxygens (including phenoxy) is 2. The molecule has 2 heterocycles. The molecule has 128 valence electrons. The molecule has 2 aromatic carbocycles. The molecule has 2 atom stereocenters. The Hall–Kier alpha value is -2.99. The number of carbonyl (C=O) groups is 1. The highest BCUT2D eigenvalue weighted by atomic mass is 16.7. The van der Waals surface area contributed by atoms with Crippen molar-refractivity contribution in [3.05, 3.63) is 65.4 Å². The summed E-state index contributed by atoms with van der Waals surface area (Å²) in [6, 6.07) is 15.5. The van der Waals surface area contributed by atoms with Crippen LogP contribution in [-0.2, 0) is 11.2 Å². The largest absolute Gasteiger partial charge is 0.507 e. The monoisotopic (exact) mass is 338 g/mol. The predicted octanol–water partition coefficient (Wildman–Crippen LogP) is 3.43. The Bertz CT molecular complexity index is 917. The number of rotatable bonds is 3. The zero-order chi connectivity index (χ0) is 17.4. The summed E-state index contributed by atoms with van der Waals surface area (Å²) in [6.07, 6.45) is -1.40. The first-order valence-electron chi connectivity index (χ1n) is 8.05. The Labute approximate surface area is 144 Å². The maximum atomic E-state index is 11.0. The molecule has 0 aliphatic carbocycles. The minimum Gasteiger partial charge on any atom is -0.497 e. The highest BCUT2D eigenvalue weighted by molar-refractivity contribution is 5.85. The van der Waals surface area contributed by atoms with E-state index in [0.717, 1.165) is 33.5 Å². The first kappa shape index (κ1) is 15.5. The molecule has 3 N–H and O–H groups in total. The second kappa shape index (κ2) is 6.14. The van der Waals surface area contributed by atoms with Crippen molar-refractivity contribution >= 4 is 17.1 Å². The van der Waals surface area contributed by atoms with Crippen LogP contribution >= 0.6 is 0 Å². The van der Waals surface area contributed by atoms with Gasteiger partial charge in [0.15, 0.2) is 6.23 Å². The van der Waals surface area contributed by atoms with Crippen LogP contribution in [0.25, 0.3) is 10.9 Å². The molecule has 0 saturated carbocycles. The lowest BCUT2D eigenvalue weighted by atomic mass is 9.93. The first-order chi connectivity index (χ1) is 12.2. The van der Waals surface area contributed by atoms with Crippen molar-refractivity contribution in [2.45, 2.75) is 18.7 Å². The normalized spacial score (nSPS) is 19.4. The molecule has 3 aromatic rings. The molecule has 4 rings (SSSR count). The van der Waals surface area contributed by atoms with Gasteiger partial charge in [0.25, 0.3) is 0 Å². The fourth-order valence-electron chi connectivity index (χ4n) is 3.46. The fraction of sp³-hybridized carbons (Fsp3) is 0.211. The molecule has 0 radical (unpaired) electrons. The van der Waals surface area contributed by atoms with Crippen LogP contribution in [-0.4, -0.2) is 29.6 Å². The molecule has 1 aliphatic rings. The van der Waals surface area contributed by atoms with E-state index in [2.05, 4.69) is 10.3 Å². The summed E-state index contributed by atoms with van der Waals surface area (Å²) < 4.78 is 10.2. The van der Waals surface area contributed by atoms with Gasteiger partial charge in [-0.3, -0.25) is 5.32 Å². The molecular weight excluding hydrogens is 320 g/mol. The van der Waals surface area contributed by atoms with Crippen molar-refractivity contribution in [1.29, 1.82) is 0 Å². The van der Waals surface area contributed by atoms with E-state index in [1.807, 2.05) is 48.5 Å². The molecule has 25 heavy (non-hydrogen) atoms. The zero-order valence-electron chi connectivity index (χ0n) is 13.7. The molecule has 0 amide bonds. The molecule has 0 saturated heterocycles. The Kier molecular flexibility index (Phi) is 3.82. The SMILES string of the molecule is COc1ccc(C2NC(OC(=O)O)Cc3c2[nH]c2ccccc32)cc1. The summed E-state index contributed by atoms with van der Waals surface area (Å²) in [5.74, 6) is 0.773. The molecule has 0 bridgehead atoms. The van der Waals surface area contributed by atoms with Gasteiger partial charge in [-0.1, -0.05) is 30.3 Å². The van der Waals surface area contributed by atoms with E-state index in [-0.39, 0.29) is 6.04 Å². The van der Waals surface area contributed by atoms with E-state index in [0.29, 0.717) is 6.42 Å². The van der Waals surface area contributed by atoms with Gasteiger partial charge in [-0.15, -0.1) is 0 Å². The lowest BCUT2D eigenvalue weighted by molar-refractivity contribution is 0.0297. The second-order valence-corrected chi connectivity index (χ2v) is 6.01. The van der Waals surface area contributed by atoms with Gasteiger partial charge >= 0.3 is 6.16 Å². The summed E-state index contributed by atoms with van der Waals surface area (Å²) in [5.41, 5.74) is 4.16. The molecule has 1 aromatic heterocycles. The van der Waals surface area contributed by atoms with Crippen LogP contribution in [0.15, 0.2) is 48.5 Å². The van der Waals surface area contributed by atoms with Crippen molar-refractivity contribution in [2.24, 2.45) is 0 Å². The number of benzene rings is 2. The van der Waals surface area contributed by atoms with Gasteiger partial charge < -0.3 is 19.6 Å². The number of aromatic nitrogens is 1. The van der Waals surface area contributed by atoms with E-state index in [4.69, 9.17) is 14.6 Å². The number of carboxylic acid groups (broad SMARTS) is 1. The standard InChI is InChI=1S/C19H18N2O4/c1-24-12-8-6-11(7-9-12)17-18-14(10-16(21-17)25-19(22)23)13-4-2-3-5-15(13)20-18/h2-9,16-17,20-21H,10H2,1H3,(H,22,23). The predicted molar refractivity (Wildman–Crippen MR) is 92.9 cm³/mol. The van der Waals surface area contributed by atoms with Gasteiger partial charge in [0, 0.05) is 23.0 Å². The van der Waals surface area contributed by atoms with E-state index in [1.165, 1.54) is 0 Å². The Balaban J connectivity index is 1.80. The average molecular weight is 338 g/mol. The summed E-state index contributed by atoms with van der Waals surface area (Å²) in [4.78, 5) is 14.5. The quantitative estimate of drug-likeness (QED) is 0.637. The molecule has 0 spiro atoms. The number of aromatic amines is 1. The molecule has 0 fully saturated rings. The van der Waals surface area contributed by atoms with Gasteiger partial charge in [-0.25, -0.2) is 4.79 Å². The second-order valence-electron chi connectivity index (χ2n) is 6.01. The van der Waals surface area contributed by atoms with E-state index in [9.17, 15) is 4.79 Å². The highest BCUT2D eigenvalue weighted by Crippen LogP contribution is 2.35. The number of hydrogen-bond acceptors (Lipinski definition) is 4. The third kappa shape index (κ3) is 2.81. The third-order valence-electron chi connectivity index (χ3n) is 4.57. The number of fused-ring (bicyclic) bond motifs is 3. The van der Waals surface area contributed by atoms with Crippen LogP contribution in [0.5, 0.6) is 5.75 Å². The van der Waals surface area contributed by atoms with Crippen molar-refractivity contribution in [3.63, 3.8) is 0 Å². The fourth-order valence-corrected chi connectivity index (χ4v) is 3.46. The number of para-hydroxylation sites is 1. The summed E-state index contributed by atoms with van der Waals surface area (Å²) in [5, 5.41) is 13.4. The molecule has 6 heteroatoms. The lowest BCUT2D eigenvalue weighted by Crippen LogP contribution is -2.42. The van der Waals surface area contributed by atoms with Gasteiger partial charge in [0.1, 0.15) is 5.75 Å². The van der Waals surface area contributed by atoms with Gasteiger partial charge in [-0.2, -0.15) is 0 Å². The van der Waals surface area contributed by atoms with Crippen molar-refractivity contribution in [3.8, 4) is 5.75 Å². The summed E-state index contributed by atoms with van der Waals surface area (Å²) >= 11 is 0. The third-order valence-corrected chi connectivity index (χ3v) is 4.57. The minimum absolute atomic E-state index is 0.189. The minimum atomic E-state index is -1.28. The first-order valence-corrected chi connectivity index (χ1v) is 8.05. The average Bonchev–Trinajstić information content (AvgIpc) is 2.99. The maximum Gasteiger partial charge on any atom is 0.507 e. The summed E-state index contributed by atoms with van der Waals surface area (Å²) in [7, 11) is 1.63.